The Hall–Kier alpha value is -1.32. The van der Waals surface area contributed by atoms with Crippen LogP contribution in [0.3, 0.4) is 0 Å². The molecule has 1 aliphatic heterocycles. The zero-order chi connectivity index (χ0) is 11.5. The predicted molar refractivity (Wildman–Crippen MR) is 76.1 cm³/mol. The molecule has 3 rings (SSSR count). The average molecular weight is 264 g/mol. The van der Waals surface area contributed by atoms with E-state index in [-0.39, 0.29) is 12.4 Å². The standard InChI is InChI=1S/C14H17N3.ClH/c1-2-4-12(5-3-1)14-10-17(11-16-14)13-6-8-15-9-7-13;/h1-5,10-11,13,15H,6-9H2;1H. The van der Waals surface area contributed by atoms with E-state index in [1.807, 2.05) is 12.4 Å². The van der Waals surface area contributed by atoms with E-state index in [0.717, 1.165) is 18.8 Å². The molecule has 1 saturated heterocycles. The fourth-order valence-corrected chi connectivity index (χ4v) is 2.40. The maximum atomic E-state index is 4.50. The third-order valence-electron chi connectivity index (χ3n) is 3.40. The number of aromatic nitrogens is 2. The van der Waals surface area contributed by atoms with Crippen molar-refractivity contribution in [3.8, 4) is 11.3 Å². The molecule has 3 nitrogen and oxygen atoms in total. The first-order valence-corrected chi connectivity index (χ1v) is 6.23. The minimum absolute atomic E-state index is 0. The van der Waals surface area contributed by atoms with Gasteiger partial charge < -0.3 is 9.88 Å². The second-order valence-corrected chi connectivity index (χ2v) is 4.55. The highest BCUT2D eigenvalue weighted by Gasteiger charge is 2.15. The van der Waals surface area contributed by atoms with E-state index in [4.69, 9.17) is 0 Å². The van der Waals surface area contributed by atoms with Crippen molar-refractivity contribution >= 4 is 12.4 Å². The summed E-state index contributed by atoms with van der Waals surface area (Å²) < 4.78 is 2.27. The number of nitrogens with zero attached hydrogens (tertiary/aromatic N) is 2. The summed E-state index contributed by atoms with van der Waals surface area (Å²) in [6, 6.07) is 11.0. The van der Waals surface area contributed by atoms with Crippen LogP contribution in [-0.2, 0) is 0 Å². The molecule has 1 aromatic heterocycles. The van der Waals surface area contributed by atoms with Crippen LogP contribution in [-0.4, -0.2) is 22.6 Å². The largest absolute Gasteiger partial charge is 0.334 e. The van der Waals surface area contributed by atoms with E-state index < -0.39 is 0 Å². The minimum atomic E-state index is 0. The van der Waals surface area contributed by atoms with Gasteiger partial charge in [0.25, 0.3) is 0 Å². The third-order valence-corrected chi connectivity index (χ3v) is 3.40. The summed E-state index contributed by atoms with van der Waals surface area (Å²) in [6.07, 6.45) is 6.54. The van der Waals surface area contributed by atoms with Crippen LogP contribution in [0.1, 0.15) is 18.9 Å². The molecule has 2 heterocycles. The van der Waals surface area contributed by atoms with Crippen molar-refractivity contribution in [1.29, 1.82) is 0 Å². The van der Waals surface area contributed by atoms with Crippen LogP contribution in [0.2, 0.25) is 0 Å². The first kappa shape index (κ1) is 13.1. The summed E-state index contributed by atoms with van der Waals surface area (Å²) in [5.41, 5.74) is 2.27. The molecule has 4 heteroatoms. The van der Waals surface area contributed by atoms with Gasteiger partial charge in [-0.3, -0.25) is 0 Å². The predicted octanol–water partition coefficient (Wildman–Crippen LogP) is 2.90. The lowest BCUT2D eigenvalue weighted by Gasteiger charge is -2.23. The maximum Gasteiger partial charge on any atom is 0.0956 e. The number of nitrogens with one attached hydrogen (secondary N) is 1. The molecule has 0 atom stereocenters. The Kier molecular flexibility index (Phi) is 4.39. The van der Waals surface area contributed by atoms with Gasteiger partial charge in [0.05, 0.1) is 12.0 Å². The summed E-state index contributed by atoms with van der Waals surface area (Å²) in [6.45, 7) is 2.23. The van der Waals surface area contributed by atoms with Crippen LogP contribution in [0.4, 0.5) is 0 Å². The van der Waals surface area contributed by atoms with Gasteiger partial charge in [0.1, 0.15) is 0 Å². The molecule has 96 valence electrons. The van der Waals surface area contributed by atoms with Crippen LogP contribution in [0.5, 0.6) is 0 Å². The van der Waals surface area contributed by atoms with Gasteiger partial charge in [0.15, 0.2) is 0 Å². The lowest BCUT2D eigenvalue weighted by atomic mass is 10.1. The topological polar surface area (TPSA) is 29.9 Å². The zero-order valence-corrected chi connectivity index (χ0v) is 11.1. The molecule has 0 bridgehead atoms. The first-order chi connectivity index (χ1) is 8.43. The van der Waals surface area contributed by atoms with Crippen LogP contribution >= 0.6 is 12.4 Å². The lowest BCUT2D eigenvalue weighted by Crippen LogP contribution is -2.28. The highest BCUT2D eigenvalue weighted by atomic mass is 35.5. The Morgan fingerprint density at radius 2 is 1.83 bits per heavy atom. The van der Waals surface area contributed by atoms with Gasteiger partial charge in [-0.1, -0.05) is 30.3 Å². The highest BCUT2D eigenvalue weighted by molar-refractivity contribution is 5.85. The fourth-order valence-electron chi connectivity index (χ4n) is 2.40. The zero-order valence-electron chi connectivity index (χ0n) is 10.2. The number of imidazole rings is 1. The van der Waals surface area contributed by atoms with Crippen LogP contribution in [0.15, 0.2) is 42.9 Å². The second kappa shape index (κ2) is 6.03. The quantitative estimate of drug-likeness (QED) is 0.903. The number of halogens is 1. The SMILES string of the molecule is Cl.c1ccc(-c2cn(C3CCNCC3)cn2)cc1. The summed E-state index contributed by atoms with van der Waals surface area (Å²) in [5, 5.41) is 3.39. The van der Waals surface area contributed by atoms with E-state index in [0.29, 0.717) is 6.04 Å². The van der Waals surface area contributed by atoms with Crippen molar-refractivity contribution in [3.05, 3.63) is 42.9 Å². The van der Waals surface area contributed by atoms with E-state index in [1.54, 1.807) is 0 Å². The number of piperidine rings is 1. The molecule has 1 fully saturated rings. The monoisotopic (exact) mass is 263 g/mol. The Labute approximate surface area is 114 Å². The summed E-state index contributed by atoms with van der Waals surface area (Å²) >= 11 is 0. The van der Waals surface area contributed by atoms with Gasteiger partial charge in [-0.2, -0.15) is 0 Å². The number of benzene rings is 1. The summed E-state index contributed by atoms with van der Waals surface area (Å²) in [4.78, 5) is 4.50. The number of rotatable bonds is 2. The van der Waals surface area contributed by atoms with Gasteiger partial charge in [-0.15, -0.1) is 12.4 Å². The van der Waals surface area contributed by atoms with E-state index >= 15 is 0 Å². The van der Waals surface area contributed by atoms with E-state index in [9.17, 15) is 0 Å². The first-order valence-electron chi connectivity index (χ1n) is 6.23. The molecular formula is C14H18ClN3. The molecular weight excluding hydrogens is 246 g/mol. The maximum absolute atomic E-state index is 4.50. The summed E-state index contributed by atoms with van der Waals surface area (Å²) in [5.74, 6) is 0. The smallest absolute Gasteiger partial charge is 0.0956 e. The van der Waals surface area contributed by atoms with Gasteiger partial charge in [-0.25, -0.2) is 4.98 Å². The molecule has 0 radical (unpaired) electrons. The normalized spacial score (nSPS) is 16.2. The molecule has 0 unspecified atom stereocenters. The molecule has 2 aromatic rings. The van der Waals surface area contributed by atoms with Crippen molar-refractivity contribution in [3.63, 3.8) is 0 Å². The van der Waals surface area contributed by atoms with Gasteiger partial charge in [0, 0.05) is 17.8 Å². The van der Waals surface area contributed by atoms with Crippen molar-refractivity contribution in [2.24, 2.45) is 0 Å². The molecule has 18 heavy (non-hydrogen) atoms. The van der Waals surface area contributed by atoms with Crippen molar-refractivity contribution in [2.45, 2.75) is 18.9 Å². The molecule has 0 amide bonds. The molecule has 1 aliphatic rings. The molecule has 0 aliphatic carbocycles. The molecule has 1 N–H and O–H groups in total. The van der Waals surface area contributed by atoms with Crippen LogP contribution in [0.25, 0.3) is 11.3 Å². The molecule has 0 saturated carbocycles. The number of hydrogen-bond donors (Lipinski definition) is 1. The van der Waals surface area contributed by atoms with E-state index in [2.05, 4.69) is 45.3 Å². The fraction of sp³-hybridized carbons (Fsp3) is 0.357. The van der Waals surface area contributed by atoms with Crippen LogP contribution in [0, 0.1) is 0 Å². The Bertz CT molecular complexity index is 475. The minimum Gasteiger partial charge on any atom is -0.334 e. The third kappa shape index (κ3) is 2.74. The Morgan fingerprint density at radius 3 is 2.56 bits per heavy atom. The van der Waals surface area contributed by atoms with Crippen molar-refractivity contribution in [2.75, 3.05) is 13.1 Å². The van der Waals surface area contributed by atoms with Crippen molar-refractivity contribution in [1.82, 2.24) is 14.9 Å². The van der Waals surface area contributed by atoms with Crippen LogP contribution < -0.4 is 5.32 Å². The summed E-state index contributed by atoms with van der Waals surface area (Å²) in [7, 11) is 0. The highest BCUT2D eigenvalue weighted by Crippen LogP contribution is 2.22. The second-order valence-electron chi connectivity index (χ2n) is 4.55. The lowest BCUT2D eigenvalue weighted by molar-refractivity contribution is 0.368. The Morgan fingerprint density at radius 1 is 1.11 bits per heavy atom. The van der Waals surface area contributed by atoms with Gasteiger partial charge >= 0.3 is 0 Å². The van der Waals surface area contributed by atoms with E-state index in [1.165, 1.54) is 18.4 Å². The Balaban J connectivity index is 0.00000120. The van der Waals surface area contributed by atoms with Gasteiger partial charge in [0.2, 0.25) is 0 Å². The number of hydrogen-bond acceptors (Lipinski definition) is 2. The van der Waals surface area contributed by atoms with Gasteiger partial charge in [-0.05, 0) is 25.9 Å². The molecule has 1 aromatic carbocycles. The van der Waals surface area contributed by atoms with Crippen molar-refractivity contribution < 1.29 is 0 Å². The average Bonchev–Trinajstić information content (AvgIpc) is 2.90. The molecule has 0 spiro atoms.